The van der Waals surface area contributed by atoms with Crippen molar-refractivity contribution in [3.8, 4) is 5.75 Å². The summed E-state index contributed by atoms with van der Waals surface area (Å²) in [6.45, 7) is 4.38. The van der Waals surface area contributed by atoms with Gasteiger partial charge in [-0.05, 0) is 38.1 Å². The first-order valence-electron chi connectivity index (χ1n) is 7.00. The average Bonchev–Trinajstić information content (AvgIpc) is 2.93. The van der Waals surface area contributed by atoms with E-state index in [1.54, 1.807) is 6.26 Å². The predicted molar refractivity (Wildman–Crippen MR) is 81.6 cm³/mol. The second kappa shape index (κ2) is 7.38. The van der Waals surface area contributed by atoms with Crippen LogP contribution in [-0.2, 0) is 6.42 Å². The maximum Gasteiger partial charge on any atom is 0.319 e. The van der Waals surface area contributed by atoms with Crippen molar-refractivity contribution >= 4 is 11.7 Å². The Labute approximate surface area is 124 Å². The zero-order chi connectivity index (χ0) is 15.1. The molecule has 112 valence electrons. The van der Waals surface area contributed by atoms with Gasteiger partial charge in [0.1, 0.15) is 11.5 Å². The number of ether oxygens (including phenoxy) is 1. The molecule has 1 unspecified atom stereocenters. The first kappa shape index (κ1) is 15.0. The molecule has 0 aliphatic heterocycles. The minimum Gasteiger partial charge on any atom is -0.492 e. The normalized spacial score (nSPS) is 11.7. The Morgan fingerprint density at radius 2 is 2.10 bits per heavy atom. The van der Waals surface area contributed by atoms with Gasteiger partial charge in [-0.3, -0.25) is 0 Å². The predicted octanol–water partition coefficient (Wildman–Crippen LogP) is 3.43. The summed E-state index contributed by atoms with van der Waals surface area (Å²) in [6, 6.07) is 10.8. The number of amides is 2. The van der Waals surface area contributed by atoms with Gasteiger partial charge in [-0.15, -0.1) is 0 Å². The molecule has 5 heteroatoms. The number of carbonyl (C=O) groups excluding carboxylic acids is 1. The van der Waals surface area contributed by atoms with Crippen molar-refractivity contribution in [1.29, 1.82) is 0 Å². The lowest BCUT2D eigenvalue weighted by Crippen LogP contribution is -2.37. The van der Waals surface area contributed by atoms with Gasteiger partial charge in [0.2, 0.25) is 0 Å². The SMILES string of the molecule is CCOc1ccccc1NC(=O)NC(C)Cc1ccco1. The van der Waals surface area contributed by atoms with Gasteiger partial charge < -0.3 is 19.8 Å². The fourth-order valence-corrected chi connectivity index (χ4v) is 2.02. The summed E-state index contributed by atoms with van der Waals surface area (Å²) in [5.74, 6) is 1.51. The molecule has 1 aromatic heterocycles. The monoisotopic (exact) mass is 288 g/mol. The van der Waals surface area contributed by atoms with E-state index < -0.39 is 0 Å². The number of benzene rings is 1. The number of anilines is 1. The van der Waals surface area contributed by atoms with E-state index >= 15 is 0 Å². The number of rotatable bonds is 6. The van der Waals surface area contributed by atoms with E-state index in [-0.39, 0.29) is 12.1 Å². The van der Waals surface area contributed by atoms with E-state index in [0.29, 0.717) is 24.5 Å². The molecule has 2 rings (SSSR count). The number of hydrogen-bond acceptors (Lipinski definition) is 3. The highest BCUT2D eigenvalue weighted by molar-refractivity contribution is 5.91. The number of carbonyl (C=O) groups is 1. The van der Waals surface area contributed by atoms with Crippen LogP contribution in [0.15, 0.2) is 47.1 Å². The molecule has 0 radical (unpaired) electrons. The first-order valence-corrected chi connectivity index (χ1v) is 7.00. The molecule has 0 aliphatic rings. The molecule has 2 N–H and O–H groups in total. The second-order valence-corrected chi connectivity index (χ2v) is 4.71. The lowest BCUT2D eigenvalue weighted by atomic mass is 10.2. The maximum absolute atomic E-state index is 12.0. The van der Waals surface area contributed by atoms with E-state index in [1.165, 1.54) is 0 Å². The van der Waals surface area contributed by atoms with Gasteiger partial charge in [-0.1, -0.05) is 12.1 Å². The molecular weight excluding hydrogens is 268 g/mol. The molecule has 2 aromatic rings. The van der Waals surface area contributed by atoms with Crippen LogP contribution >= 0.6 is 0 Å². The summed E-state index contributed by atoms with van der Waals surface area (Å²) in [5.41, 5.74) is 0.655. The molecule has 0 spiro atoms. The van der Waals surface area contributed by atoms with Gasteiger partial charge >= 0.3 is 6.03 Å². The molecule has 1 heterocycles. The molecule has 0 bridgehead atoms. The Kier molecular flexibility index (Phi) is 5.26. The van der Waals surface area contributed by atoms with Crippen LogP contribution in [0.1, 0.15) is 19.6 Å². The van der Waals surface area contributed by atoms with Crippen molar-refractivity contribution in [1.82, 2.24) is 5.32 Å². The molecule has 1 atom stereocenters. The van der Waals surface area contributed by atoms with Gasteiger partial charge in [-0.2, -0.15) is 0 Å². The van der Waals surface area contributed by atoms with Crippen molar-refractivity contribution in [2.24, 2.45) is 0 Å². The Balaban J connectivity index is 1.89. The Hall–Kier alpha value is -2.43. The summed E-state index contributed by atoms with van der Waals surface area (Å²) in [5, 5.41) is 5.67. The Bertz CT molecular complexity index is 567. The lowest BCUT2D eigenvalue weighted by Gasteiger charge is -2.15. The molecule has 5 nitrogen and oxygen atoms in total. The van der Waals surface area contributed by atoms with Crippen LogP contribution in [0, 0.1) is 0 Å². The summed E-state index contributed by atoms with van der Waals surface area (Å²) >= 11 is 0. The average molecular weight is 288 g/mol. The largest absolute Gasteiger partial charge is 0.492 e. The third kappa shape index (κ3) is 4.56. The quantitative estimate of drug-likeness (QED) is 0.856. The number of nitrogens with one attached hydrogen (secondary N) is 2. The topological polar surface area (TPSA) is 63.5 Å². The minimum absolute atomic E-state index is 0.0320. The zero-order valence-corrected chi connectivity index (χ0v) is 12.3. The molecule has 2 amide bonds. The zero-order valence-electron chi connectivity index (χ0n) is 12.3. The molecular formula is C16H20N2O3. The van der Waals surface area contributed by atoms with Crippen molar-refractivity contribution in [2.75, 3.05) is 11.9 Å². The van der Waals surface area contributed by atoms with Crippen LogP contribution in [0.4, 0.5) is 10.5 Å². The molecule has 21 heavy (non-hydrogen) atoms. The van der Waals surface area contributed by atoms with Crippen LogP contribution < -0.4 is 15.4 Å². The summed E-state index contributed by atoms with van der Waals surface area (Å²) in [4.78, 5) is 12.0. The molecule has 1 aromatic carbocycles. The van der Waals surface area contributed by atoms with Crippen LogP contribution in [0.3, 0.4) is 0 Å². The smallest absolute Gasteiger partial charge is 0.319 e. The number of para-hydroxylation sites is 2. The highest BCUT2D eigenvalue weighted by Crippen LogP contribution is 2.23. The Morgan fingerprint density at radius 3 is 2.81 bits per heavy atom. The van der Waals surface area contributed by atoms with E-state index in [0.717, 1.165) is 5.76 Å². The highest BCUT2D eigenvalue weighted by atomic mass is 16.5. The van der Waals surface area contributed by atoms with Gasteiger partial charge in [0.05, 0.1) is 18.6 Å². The molecule has 0 aliphatic carbocycles. The second-order valence-electron chi connectivity index (χ2n) is 4.71. The van der Waals surface area contributed by atoms with Gasteiger partial charge in [0.25, 0.3) is 0 Å². The summed E-state index contributed by atoms with van der Waals surface area (Å²) in [6.07, 6.45) is 2.27. The van der Waals surface area contributed by atoms with E-state index in [4.69, 9.17) is 9.15 Å². The summed E-state index contributed by atoms with van der Waals surface area (Å²) < 4.78 is 10.7. The third-order valence-electron chi connectivity index (χ3n) is 2.90. The standard InChI is InChI=1S/C16H20N2O3/c1-3-20-15-9-5-4-8-14(15)18-16(19)17-12(2)11-13-7-6-10-21-13/h4-10,12H,3,11H2,1-2H3,(H2,17,18,19). The fraction of sp³-hybridized carbons (Fsp3) is 0.312. The fourth-order valence-electron chi connectivity index (χ4n) is 2.02. The van der Waals surface area contributed by atoms with Crippen molar-refractivity contribution in [3.05, 3.63) is 48.4 Å². The molecule has 0 saturated heterocycles. The van der Waals surface area contributed by atoms with Crippen molar-refractivity contribution in [3.63, 3.8) is 0 Å². The highest BCUT2D eigenvalue weighted by Gasteiger charge is 2.11. The number of hydrogen-bond donors (Lipinski definition) is 2. The van der Waals surface area contributed by atoms with Crippen LogP contribution in [0.25, 0.3) is 0 Å². The first-order chi connectivity index (χ1) is 10.2. The van der Waals surface area contributed by atoms with Crippen LogP contribution in [0.2, 0.25) is 0 Å². The molecule has 0 fully saturated rings. The lowest BCUT2D eigenvalue weighted by molar-refractivity contribution is 0.248. The van der Waals surface area contributed by atoms with Crippen LogP contribution in [0.5, 0.6) is 5.75 Å². The van der Waals surface area contributed by atoms with Gasteiger partial charge in [-0.25, -0.2) is 4.79 Å². The molecule has 0 saturated carbocycles. The van der Waals surface area contributed by atoms with Gasteiger partial charge in [0.15, 0.2) is 0 Å². The number of furan rings is 1. The van der Waals surface area contributed by atoms with E-state index in [1.807, 2.05) is 50.2 Å². The minimum atomic E-state index is -0.263. The van der Waals surface area contributed by atoms with E-state index in [2.05, 4.69) is 10.6 Å². The van der Waals surface area contributed by atoms with Gasteiger partial charge in [0, 0.05) is 12.5 Å². The van der Waals surface area contributed by atoms with E-state index in [9.17, 15) is 4.79 Å². The maximum atomic E-state index is 12.0. The third-order valence-corrected chi connectivity index (χ3v) is 2.90. The van der Waals surface area contributed by atoms with Crippen molar-refractivity contribution < 1.29 is 13.9 Å². The number of urea groups is 1. The van der Waals surface area contributed by atoms with Crippen molar-refractivity contribution in [2.45, 2.75) is 26.3 Å². The van der Waals surface area contributed by atoms with Crippen LogP contribution in [-0.4, -0.2) is 18.7 Å². The Morgan fingerprint density at radius 1 is 1.29 bits per heavy atom. The summed E-state index contributed by atoms with van der Waals surface area (Å²) in [7, 11) is 0.